The van der Waals surface area contributed by atoms with Gasteiger partial charge < -0.3 is 14.2 Å². The fraction of sp³-hybridized carbons (Fsp3) is 0.176. The number of hydrogen-bond donors (Lipinski definition) is 0. The Kier molecular flexibility index (Phi) is 4.78. The highest BCUT2D eigenvalue weighted by molar-refractivity contribution is 5.95. The Hall–Kier alpha value is -2.82. The first-order valence-corrected chi connectivity index (χ1v) is 6.60. The number of ketones is 1. The average Bonchev–Trinajstić information content (AvgIpc) is 2.54. The summed E-state index contributed by atoms with van der Waals surface area (Å²) in [5.41, 5.74) is 0.843. The first-order chi connectivity index (χ1) is 10.5. The third kappa shape index (κ3) is 3.44. The second kappa shape index (κ2) is 6.76. The van der Waals surface area contributed by atoms with E-state index in [-0.39, 0.29) is 11.5 Å². The molecular weight excluding hydrogens is 284 g/mol. The molecule has 0 radical (unpaired) electrons. The van der Waals surface area contributed by atoms with E-state index in [0.717, 1.165) is 0 Å². The van der Waals surface area contributed by atoms with Crippen LogP contribution >= 0.6 is 0 Å². The van der Waals surface area contributed by atoms with E-state index in [0.29, 0.717) is 22.6 Å². The molecule has 0 aliphatic rings. The molecule has 114 valence electrons. The van der Waals surface area contributed by atoms with Crippen LogP contribution in [0.2, 0.25) is 0 Å². The van der Waals surface area contributed by atoms with Crippen LogP contribution in [-0.4, -0.2) is 26.0 Å². The van der Waals surface area contributed by atoms with Gasteiger partial charge in [-0.1, -0.05) is 6.07 Å². The summed E-state index contributed by atoms with van der Waals surface area (Å²) < 4.78 is 15.6. The van der Waals surface area contributed by atoms with Crippen molar-refractivity contribution in [2.45, 2.75) is 6.92 Å². The van der Waals surface area contributed by atoms with Crippen LogP contribution in [0.3, 0.4) is 0 Å². The summed E-state index contributed by atoms with van der Waals surface area (Å²) in [4.78, 5) is 23.5. The molecule has 0 aromatic heterocycles. The molecule has 0 bridgehead atoms. The van der Waals surface area contributed by atoms with Gasteiger partial charge in [0.2, 0.25) is 0 Å². The summed E-state index contributed by atoms with van der Waals surface area (Å²) in [6, 6.07) is 11.3. The van der Waals surface area contributed by atoms with E-state index in [1.165, 1.54) is 33.3 Å². The van der Waals surface area contributed by atoms with Crippen molar-refractivity contribution in [3.8, 4) is 17.2 Å². The SMILES string of the molecule is COc1cccc(C(=O)Oc2ccc(C(C)=O)cc2OC)c1. The van der Waals surface area contributed by atoms with Crippen molar-refractivity contribution in [3.05, 3.63) is 53.6 Å². The molecule has 2 aromatic carbocycles. The van der Waals surface area contributed by atoms with Crippen molar-refractivity contribution in [2.75, 3.05) is 14.2 Å². The van der Waals surface area contributed by atoms with Crippen LogP contribution in [0.5, 0.6) is 17.2 Å². The second-order valence-corrected chi connectivity index (χ2v) is 4.54. The van der Waals surface area contributed by atoms with E-state index in [2.05, 4.69) is 0 Å². The number of carbonyl (C=O) groups excluding carboxylic acids is 2. The molecule has 0 aliphatic carbocycles. The van der Waals surface area contributed by atoms with Gasteiger partial charge in [0, 0.05) is 5.56 Å². The number of hydrogen-bond acceptors (Lipinski definition) is 5. The molecule has 0 heterocycles. The molecule has 0 N–H and O–H groups in total. The molecule has 0 spiro atoms. The molecule has 22 heavy (non-hydrogen) atoms. The molecule has 0 amide bonds. The highest BCUT2D eigenvalue weighted by Gasteiger charge is 2.14. The Morgan fingerprint density at radius 3 is 2.27 bits per heavy atom. The number of methoxy groups -OCH3 is 2. The molecule has 0 aliphatic heterocycles. The first kappa shape index (κ1) is 15.6. The summed E-state index contributed by atoms with van der Waals surface area (Å²) in [5.74, 6) is 0.509. The number of carbonyl (C=O) groups is 2. The van der Waals surface area contributed by atoms with Crippen LogP contribution in [0.25, 0.3) is 0 Å². The predicted molar refractivity (Wildman–Crippen MR) is 81.0 cm³/mol. The maximum atomic E-state index is 12.2. The smallest absolute Gasteiger partial charge is 0.343 e. The third-order valence-electron chi connectivity index (χ3n) is 3.08. The molecule has 0 atom stereocenters. The summed E-state index contributed by atoms with van der Waals surface area (Å²) in [6.45, 7) is 1.46. The fourth-order valence-corrected chi connectivity index (χ4v) is 1.88. The summed E-state index contributed by atoms with van der Waals surface area (Å²) in [6.07, 6.45) is 0. The minimum absolute atomic E-state index is 0.0935. The van der Waals surface area contributed by atoms with Gasteiger partial charge in [-0.25, -0.2) is 4.79 Å². The molecule has 0 saturated carbocycles. The Bertz CT molecular complexity index is 706. The zero-order valence-corrected chi connectivity index (χ0v) is 12.6. The van der Waals surface area contributed by atoms with E-state index >= 15 is 0 Å². The number of benzene rings is 2. The zero-order valence-electron chi connectivity index (χ0n) is 12.6. The number of ether oxygens (including phenoxy) is 3. The normalized spacial score (nSPS) is 9.95. The minimum atomic E-state index is -0.534. The fourth-order valence-electron chi connectivity index (χ4n) is 1.88. The third-order valence-corrected chi connectivity index (χ3v) is 3.08. The molecule has 2 aromatic rings. The summed E-state index contributed by atoms with van der Waals surface area (Å²) >= 11 is 0. The number of esters is 1. The largest absolute Gasteiger partial charge is 0.497 e. The van der Waals surface area contributed by atoms with Crippen LogP contribution in [0.15, 0.2) is 42.5 Å². The highest BCUT2D eigenvalue weighted by Crippen LogP contribution is 2.29. The lowest BCUT2D eigenvalue weighted by Gasteiger charge is -2.10. The average molecular weight is 300 g/mol. The molecule has 5 nitrogen and oxygen atoms in total. The van der Waals surface area contributed by atoms with Crippen LogP contribution in [-0.2, 0) is 0 Å². The van der Waals surface area contributed by atoms with Gasteiger partial charge in [-0.05, 0) is 43.3 Å². The van der Waals surface area contributed by atoms with E-state index in [1.54, 1.807) is 30.3 Å². The molecule has 5 heteroatoms. The van der Waals surface area contributed by atoms with Crippen molar-refractivity contribution in [2.24, 2.45) is 0 Å². The highest BCUT2D eigenvalue weighted by atomic mass is 16.6. The Morgan fingerprint density at radius 2 is 1.64 bits per heavy atom. The molecule has 0 fully saturated rings. The topological polar surface area (TPSA) is 61.8 Å². The monoisotopic (exact) mass is 300 g/mol. The molecule has 0 unspecified atom stereocenters. The standard InChI is InChI=1S/C17H16O5/c1-11(18)12-7-8-15(16(10-12)21-3)22-17(19)13-5-4-6-14(9-13)20-2/h4-10H,1-3H3. The molecule has 2 rings (SSSR count). The van der Waals surface area contributed by atoms with Crippen molar-refractivity contribution in [1.82, 2.24) is 0 Å². The van der Waals surface area contributed by atoms with E-state index in [1.807, 2.05) is 0 Å². The lowest BCUT2D eigenvalue weighted by Crippen LogP contribution is -2.09. The van der Waals surface area contributed by atoms with Crippen molar-refractivity contribution < 1.29 is 23.8 Å². The van der Waals surface area contributed by atoms with Crippen molar-refractivity contribution >= 4 is 11.8 Å². The minimum Gasteiger partial charge on any atom is -0.497 e. The van der Waals surface area contributed by atoms with Gasteiger partial charge in [0.05, 0.1) is 19.8 Å². The van der Waals surface area contributed by atoms with Gasteiger partial charge in [-0.3, -0.25) is 4.79 Å². The summed E-state index contributed by atoms with van der Waals surface area (Å²) in [5, 5.41) is 0. The van der Waals surface area contributed by atoms with Gasteiger partial charge >= 0.3 is 5.97 Å². The molecule has 0 saturated heterocycles. The maximum Gasteiger partial charge on any atom is 0.343 e. The van der Waals surface area contributed by atoms with Gasteiger partial charge in [0.1, 0.15) is 5.75 Å². The van der Waals surface area contributed by atoms with Crippen LogP contribution in [0, 0.1) is 0 Å². The lowest BCUT2D eigenvalue weighted by molar-refractivity contribution is 0.0729. The second-order valence-electron chi connectivity index (χ2n) is 4.54. The predicted octanol–water partition coefficient (Wildman–Crippen LogP) is 3.13. The maximum absolute atomic E-state index is 12.2. The van der Waals surface area contributed by atoms with E-state index in [9.17, 15) is 9.59 Å². The van der Waals surface area contributed by atoms with Gasteiger partial charge in [-0.15, -0.1) is 0 Å². The van der Waals surface area contributed by atoms with Gasteiger partial charge in [-0.2, -0.15) is 0 Å². The van der Waals surface area contributed by atoms with Crippen molar-refractivity contribution in [3.63, 3.8) is 0 Å². The lowest BCUT2D eigenvalue weighted by atomic mass is 10.1. The summed E-state index contributed by atoms with van der Waals surface area (Å²) in [7, 11) is 2.97. The molecular formula is C17H16O5. The number of rotatable bonds is 5. The van der Waals surface area contributed by atoms with E-state index < -0.39 is 5.97 Å². The Morgan fingerprint density at radius 1 is 0.864 bits per heavy atom. The van der Waals surface area contributed by atoms with Gasteiger partial charge in [0.25, 0.3) is 0 Å². The Labute approximate surface area is 128 Å². The quantitative estimate of drug-likeness (QED) is 0.482. The van der Waals surface area contributed by atoms with E-state index in [4.69, 9.17) is 14.2 Å². The van der Waals surface area contributed by atoms with Crippen molar-refractivity contribution in [1.29, 1.82) is 0 Å². The van der Waals surface area contributed by atoms with Crippen LogP contribution in [0.4, 0.5) is 0 Å². The first-order valence-electron chi connectivity index (χ1n) is 6.60. The van der Waals surface area contributed by atoms with Crippen LogP contribution in [0.1, 0.15) is 27.6 Å². The van der Waals surface area contributed by atoms with Gasteiger partial charge in [0.15, 0.2) is 17.3 Å². The zero-order chi connectivity index (χ0) is 16.1. The Balaban J connectivity index is 2.25. The number of Topliss-reactive ketones (excluding diaryl/α,β-unsaturated/α-hetero) is 1. The van der Waals surface area contributed by atoms with Crippen LogP contribution < -0.4 is 14.2 Å².